The monoisotopic (exact) mass is 388 g/mol. The molecule has 1 heterocycles. The van der Waals surface area contributed by atoms with Crippen LogP contribution in [0.15, 0.2) is 29.3 Å². The molecule has 1 aromatic carbocycles. The summed E-state index contributed by atoms with van der Waals surface area (Å²) in [6.45, 7) is 4.75. The Labute approximate surface area is 167 Å². The number of benzene rings is 1. The van der Waals surface area contributed by atoms with Crippen LogP contribution >= 0.6 is 0 Å². The molecule has 1 aromatic rings. The highest BCUT2D eigenvalue weighted by atomic mass is 19.1. The zero-order valence-corrected chi connectivity index (χ0v) is 17.1. The molecule has 0 aromatic heterocycles. The predicted molar refractivity (Wildman–Crippen MR) is 111 cm³/mol. The van der Waals surface area contributed by atoms with Gasteiger partial charge in [0, 0.05) is 49.9 Å². The molecule has 2 unspecified atom stereocenters. The van der Waals surface area contributed by atoms with Crippen LogP contribution in [0.2, 0.25) is 0 Å². The molecule has 1 aliphatic heterocycles. The molecule has 3 aliphatic rings. The van der Waals surface area contributed by atoms with Crippen LogP contribution in [0.4, 0.5) is 10.1 Å². The van der Waals surface area contributed by atoms with Crippen molar-refractivity contribution in [3.8, 4) is 0 Å². The van der Waals surface area contributed by atoms with Gasteiger partial charge in [-0.1, -0.05) is 12.5 Å². The zero-order chi connectivity index (χ0) is 19.6. The maximum atomic E-state index is 13.5. The van der Waals surface area contributed by atoms with Crippen molar-refractivity contribution in [3.63, 3.8) is 0 Å². The van der Waals surface area contributed by atoms with Crippen LogP contribution in [-0.4, -0.2) is 50.9 Å². The number of nitrogens with one attached hydrogen (secondary N) is 2. The van der Waals surface area contributed by atoms with Crippen molar-refractivity contribution in [2.75, 3.05) is 31.6 Å². The molecule has 28 heavy (non-hydrogen) atoms. The van der Waals surface area contributed by atoms with Crippen LogP contribution in [0.5, 0.6) is 0 Å². The van der Waals surface area contributed by atoms with Gasteiger partial charge in [-0.15, -0.1) is 0 Å². The highest BCUT2D eigenvalue weighted by molar-refractivity contribution is 5.80. The third-order valence-corrected chi connectivity index (χ3v) is 6.98. The fourth-order valence-corrected chi connectivity index (χ4v) is 5.12. The first-order valence-corrected chi connectivity index (χ1v) is 10.8. The average molecular weight is 389 g/mol. The normalized spacial score (nSPS) is 27.2. The SMILES string of the molecule is CCOC1CC(NC(=NC)NC2CCN(c3cccc(F)c3)CC2)C12CCC2. The maximum absolute atomic E-state index is 13.5. The van der Waals surface area contributed by atoms with Crippen molar-refractivity contribution >= 4 is 11.6 Å². The van der Waals surface area contributed by atoms with E-state index in [-0.39, 0.29) is 5.82 Å². The minimum Gasteiger partial charge on any atom is -0.378 e. The largest absolute Gasteiger partial charge is 0.378 e. The van der Waals surface area contributed by atoms with Crippen molar-refractivity contribution in [2.45, 2.75) is 63.6 Å². The zero-order valence-electron chi connectivity index (χ0n) is 17.1. The van der Waals surface area contributed by atoms with Crippen LogP contribution in [0.25, 0.3) is 0 Å². The molecule has 2 N–H and O–H groups in total. The van der Waals surface area contributed by atoms with E-state index in [0.717, 1.165) is 50.6 Å². The molecule has 0 radical (unpaired) electrons. The second kappa shape index (κ2) is 8.27. The summed E-state index contributed by atoms with van der Waals surface area (Å²) in [5.41, 5.74) is 1.30. The van der Waals surface area contributed by atoms with Gasteiger partial charge >= 0.3 is 0 Å². The summed E-state index contributed by atoms with van der Waals surface area (Å²) in [7, 11) is 1.85. The van der Waals surface area contributed by atoms with E-state index in [9.17, 15) is 4.39 Å². The first kappa shape index (κ1) is 19.5. The first-order valence-electron chi connectivity index (χ1n) is 10.8. The number of anilines is 1. The van der Waals surface area contributed by atoms with Crippen molar-refractivity contribution in [2.24, 2.45) is 10.4 Å². The molecular formula is C22H33FN4O. The smallest absolute Gasteiger partial charge is 0.191 e. The van der Waals surface area contributed by atoms with Crippen LogP contribution in [0.3, 0.4) is 0 Å². The van der Waals surface area contributed by atoms with E-state index >= 15 is 0 Å². The molecule has 3 fully saturated rings. The minimum atomic E-state index is -0.168. The van der Waals surface area contributed by atoms with Crippen LogP contribution in [0, 0.1) is 11.2 Å². The summed E-state index contributed by atoms with van der Waals surface area (Å²) in [4.78, 5) is 6.74. The van der Waals surface area contributed by atoms with Gasteiger partial charge in [0.2, 0.25) is 0 Å². The van der Waals surface area contributed by atoms with Crippen LogP contribution < -0.4 is 15.5 Å². The van der Waals surface area contributed by atoms with Crippen LogP contribution in [0.1, 0.15) is 45.4 Å². The van der Waals surface area contributed by atoms with Gasteiger partial charge in [0.15, 0.2) is 5.96 Å². The average Bonchev–Trinajstić information content (AvgIpc) is 2.65. The van der Waals surface area contributed by atoms with Crippen molar-refractivity contribution in [1.29, 1.82) is 0 Å². The second-order valence-electron chi connectivity index (χ2n) is 8.42. The molecule has 1 saturated heterocycles. The van der Waals surface area contributed by atoms with E-state index in [2.05, 4.69) is 27.4 Å². The summed E-state index contributed by atoms with van der Waals surface area (Å²) >= 11 is 0. The molecule has 5 nitrogen and oxygen atoms in total. The van der Waals surface area contributed by atoms with E-state index in [1.165, 1.54) is 25.3 Å². The maximum Gasteiger partial charge on any atom is 0.191 e. The lowest BCUT2D eigenvalue weighted by molar-refractivity contribution is -0.168. The summed E-state index contributed by atoms with van der Waals surface area (Å²) < 4.78 is 19.4. The Morgan fingerprint density at radius 2 is 2.07 bits per heavy atom. The highest BCUT2D eigenvalue weighted by Crippen LogP contribution is 2.57. The van der Waals surface area contributed by atoms with Gasteiger partial charge in [-0.2, -0.15) is 0 Å². The van der Waals surface area contributed by atoms with Gasteiger partial charge in [0.1, 0.15) is 5.82 Å². The second-order valence-corrected chi connectivity index (χ2v) is 8.42. The third-order valence-electron chi connectivity index (χ3n) is 6.98. The van der Waals surface area contributed by atoms with E-state index in [0.29, 0.717) is 23.6 Å². The topological polar surface area (TPSA) is 48.9 Å². The number of hydrogen-bond acceptors (Lipinski definition) is 3. The number of halogens is 1. The van der Waals surface area contributed by atoms with Crippen molar-refractivity contribution in [3.05, 3.63) is 30.1 Å². The minimum absolute atomic E-state index is 0.168. The van der Waals surface area contributed by atoms with Crippen molar-refractivity contribution in [1.82, 2.24) is 10.6 Å². The number of piperidine rings is 1. The molecule has 6 heteroatoms. The van der Waals surface area contributed by atoms with Crippen molar-refractivity contribution < 1.29 is 9.13 Å². The van der Waals surface area contributed by atoms with Gasteiger partial charge in [-0.05, 0) is 57.2 Å². The Balaban J connectivity index is 1.27. The fourth-order valence-electron chi connectivity index (χ4n) is 5.12. The lowest BCUT2D eigenvalue weighted by Crippen LogP contribution is -2.69. The van der Waals surface area contributed by atoms with Crippen LogP contribution in [-0.2, 0) is 4.74 Å². The van der Waals surface area contributed by atoms with E-state index in [1.807, 2.05) is 13.1 Å². The molecule has 2 atom stereocenters. The Morgan fingerprint density at radius 3 is 2.68 bits per heavy atom. The number of guanidine groups is 1. The van der Waals surface area contributed by atoms with E-state index in [4.69, 9.17) is 4.74 Å². The standard InChI is InChI=1S/C22H33FN4O/c1-3-28-20-15-19(22(20)10-5-11-22)26-21(24-2)25-17-8-12-27(13-9-17)18-7-4-6-16(23)14-18/h4,6-7,14,17,19-20H,3,5,8-13,15H2,1-2H3,(H2,24,25,26). The van der Waals surface area contributed by atoms with Gasteiger partial charge in [-0.3, -0.25) is 4.99 Å². The number of aliphatic imine (C=N–C) groups is 1. The molecular weight excluding hydrogens is 355 g/mol. The first-order chi connectivity index (χ1) is 13.6. The highest BCUT2D eigenvalue weighted by Gasteiger charge is 2.59. The number of nitrogens with zero attached hydrogens (tertiary/aromatic N) is 2. The van der Waals surface area contributed by atoms with Gasteiger partial charge < -0.3 is 20.3 Å². The predicted octanol–water partition coefficient (Wildman–Crippen LogP) is 3.31. The third kappa shape index (κ3) is 3.71. The Kier molecular flexibility index (Phi) is 5.76. The fraction of sp³-hybridized carbons (Fsp3) is 0.682. The summed E-state index contributed by atoms with van der Waals surface area (Å²) in [5.74, 6) is 0.744. The van der Waals surface area contributed by atoms with Gasteiger partial charge in [-0.25, -0.2) is 4.39 Å². The lowest BCUT2D eigenvalue weighted by atomic mass is 9.51. The summed E-state index contributed by atoms with van der Waals surface area (Å²) in [6, 6.07) is 7.76. The lowest BCUT2D eigenvalue weighted by Gasteiger charge is -2.61. The molecule has 2 saturated carbocycles. The molecule has 154 valence electrons. The van der Waals surface area contributed by atoms with Gasteiger partial charge in [0.25, 0.3) is 0 Å². The van der Waals surface area contributed by atoms with Gasteiger partial charge in [0.05, 0.1) is 6.10 Å². The molecule has 0 amide bonds. The summed E-state index contributed by atoms with van der Waals surface area (Å²) in [6.07, 6.45) is 7.37. The molecule has 2 aliphatic carbocycles. The van der Waals surface area contributed by atoms with E-state index in [1.54, 1.807) is 12.1 Å². The summed E-state index contributed by atoms with van der Waals surface area (Å²) in [5, 5.41) is 7.30. The Morgan fingerprint density at radius 1 is 1.29 bits per heavy atom. The molecule has 0 bridgehead atoms. The number of ether oxygens (including phenoxy) is 1. The molecule has 4 rings (SSSR count). The Bertz CT molecular complexity index is 698. The number of rotatable bonds is 5. The quantitative estimate of drug-likeness (QED) is 0.600. The number of hydrogen-bond donors (Lipinski definition) is 2. The Hall–Kier alpha value is -1.82. The molecule has 1 spiro atoms. The van der Waals surface area contributed by atoms with E-state index < -0.39 is 0 Å².